The molecule has 0 saturated carbocycles. The number of thioether (sulfide) groups is 1. The normalized spacial score (nSPS) is 16.8. The number of hydrogen-bond donors (Lipinski definition) is 1. The van der Waals surface area contributed by atoms with Crippen LogP contribution in [0.4, 0.5) is 11.4 Å². The first-order chi connectivity index (χ1) is 12.6. The van der Waals surface area contributed by atoms with E-state index >= 15 is 0 Å². The highest BCUT2D eigenvalue weighted by Gasteiger charge is 2.24. The molecule has 1 aliphatic heterocycles. The molecule has 0 unspecified atom stereocenters. The third-order valence-electron chi connectivity index (χ3n) is 3.75. The van der Waals surface area contributed by atoms with E-state index in [2.05, 4.69) is 10.3 Å². The molecule has 0 spiro atoms. The van der Waals surface area contributed by atoms with E-state index in [1.165, 1.54) is 11.8 Å². The number of aliphatic imine (C=N–C) groups is 1. The molecule has 134 valence electrons. The van der Waals surface area contributed by atoms with E-state index in [0.29, 0.717) is 28.1 Å². The van der Waals surface area contributed by atoms with Crippen LogP contribution in [0.15, 0.2) is 58.4 Å². The fourth-order valence-corrected chi connectivity index (χ4v) is 3.27. The van der Waals surface area contributed by atoms with Gasteiger partial charge in [-0.05, 0) is 54.6 Å². The summed E-state index contributed by atoms with van der Waals surface area (Å²) >= 11 is 1.33. The van der Waals surface area contributed by atoms with E-state index in [1.54, 1.807) is 0 Å². The number of ether oxygens (including phenoxy) is 1. The van der Waals surface area contributed by atoms with Crippen molar-refractivity contribution in [2.45, 2.75) is 6.92 Å². The van der Waals surface area contributed by atoms with Crippen LogP contribution in [0.3, 0.4) is 0 Å². The maximum atomic E-state index is 12.2. The molecule has 3 rings (SSSR count). The molecule has 0 radical (unpaired) electrons. The van der Waals surface area contributed by atoms with Crippen molar-refractivity contribution in [2.24, 2.45) is 4.99 Å². The van der Waals surface area contributed by atoms with Crippen molar-refractivity contribution in [2.75, 3.05) is 25.6 Å². The Morgan fingerprint density at radius 3 is 2.58 bits per heavy atom. The number of nitrogens with one attached hydrogen (secondary N) is 1. The Hall–Kier alpha value is -2.73. The average Bonchev–Trinajstić information content (AvgIpc) is 2.96. The second-order valence-corrected chi connectivity index (χ2v) is 6.90. The minimum absolute atomic E-state index is 0.140. The molecule has 0 bridgehead atoms. The Balaban J connectivity index is 1.80. The number of anilines is 1. The van der Waals surface area contributed by atoms with E-state index in [1.807, 2.05) is 80.5 Å². The number of nitrogens with zero attached hydrogens (tertiary/aromatic N) is 2. The van der Waals surface area contributed by atoms with Gasteiger partial charge in [0.1, 0.15) is 11.4 Å². The molecule has 1 saturated heterocycles. The van der Waals surface area contributed by atoms with Crippen LogP contribution in [0.5, 0.6) is 5.75 Å². The van der Waals surface area contributed by atoms with Crippen LogP contribution in [0.1, 0.15) is 12.5 Å². The van der Waals surface area contributed by atoms with Gasteiger partial charge in [0, 0.05) is 19.8 Å². The zero-order chi connectivity index (χ0) is 18.5. The van der Waals surface area contributed by atoms with Crippen molar-refractivity contribution in [1.82, 2.24) is 5.32 Å². The molecular formula is C20H21N3O2S. The molecule has 1 aliphatic rings. The molecule has 2 aromatic carbocycles. The van der Waals surface area contributed by atoms with Crippen molar-refractivity contribution < 1.29 is 9.53 Å². The predicted molar refractivity (Wildman–Crippen MR) is 109 cm³/mol. The third-order valence-corrected chi connectivity index (χ3v) is 4.66. The summed E-state index contributed by atoms with van der Waals surface area (Å²) in [6, 6.07) is 15.6. The van der Waals surface area contributed by atoms with Gasteiger partial charge in [0.15, 0.2) is 5.17 Å². The zero-order valence-corrected chi connectivity index (χ0v) is 15.8. The highest BCUT2D eigenvalue weighted by Crippen LogP contribution is 2.32. The van der Waals surface area contributed by atoms with E-state index < -0.39 is 0 Å². The smallest absolute Gasteiger partial charge is 0.264 e. The van der Waals surface area contributed by atoms with Crippen LogP contribution < -0.4 is 15.0 Å². The Labute approximate surface area is 157 Å². The van der Waals surface area contributed by atoms with Gasteiger partial charge in [0.2, 0.25) is 0 Å². The topological polar surface area (TPSA) is 53.9 Å². The van der Waals surface area contributed by atoms with Gasteiger partial charge < -0.3 is 15.0 Å². The van der Waals surface area contributed by atoms with Crippen molar-refractivity contribution in [3.63, 3.8) is 0 Å². The summed E-state index contributed by atoms with van der Waals surface area (Å²) in [7, 11) is 3.99. The van der Waals surface area contributed by atoms with E-state index in [0.717, 1.165) is 11.3 Å². The number of carbonyl (C=O) groups excluding carboxylic acids is 1. The summed E-state index contributed by atoms with van der Waals surface area (Å²) in [5.74, 6) is 0.563. The van der Waals surface area contributed by atoms with Crippen LogP contribution in [-0.2, 0) is 4.79 Å². The third kappa shape index (κ3) is 4.26. The number of benzene rings is 2. The van der Waals surface area contributed by atoms with E-state index in [9.17, 15) is 4.79 Å². The van der Waals surface area contributed by atoms with Crippen LogP contribution in [0.25, 0.3) is 6.08 Å². The Morgan fingerprint density at radius 2 is 1.88 bits per heavy atom. The second kappa shape index (κ2) is 8.10. The first-order valence-electron chi connectivity index (χ1n) is 8.35. The van der Waals surface area contributed by atoms with Gasteiger partial charge in [-0.1, -0.05) is 24.3 Å². The minimum Gasteiger partial charge on any atom is -0.492 e. The summed E-state index contributed by atoms with van der Waals surface area (Å²) in [6.45, 7) is 2.49. The molecule has 6 heteroatoms. The van der Waals surface area contributed by atoms with Crippen molar-refractivity contribution in [3.05, 3.63) is 59.0 Å². The van der Waals surface area contributed by atoms with Gasteiger partial charge in [-0.25, -0.2) is 4.99 Å². The van der Waals surface area contributed by atoms with Crippen molar-refractivity contribution >= 4 is 40.3 Å². The average molecular weight is 367 g/mol. The van der Waals surface area contributed by atoms with Crippen LogP contribution in [0.2, 0.25) is 0 Å². The summed E-state index contributed by atoms with van der Waals surface area (Å²) in [6.07, 6.45) is 1.87. The molecule has 1 heterocycles. The summed E-state index contributed by atoms with van der Waals surface area (Å²) in [5, 5.41) is 3.37. The molecule has 1 amide bonds. The molecular weight excluding hydrogens is 346 g/mol. The predicted octanol–water partition coefficient (Wildman–Crippen LogP) is 4.04. The van der Waals surface area contributed by atoms with Crippen LogP contribution >= 0.6 is 11.8 Å². The number of amidine groups is 1. The largest absolute Gasteiger partial charge is 0.492 e. The first-order valence-corrected chi connectivity index (χ1v) is 9.17. The maximum Gasteiger partial charge on any atom is 0.264 e. The Bertz CT molecular complexity index is 858. The SMILES string of the molecule is CCOc1ccccc1N=C1NC(=O)/C(=C/c2ccc(N(C)C)cc2)S1. The monoisotopic (exact) mass is 367 g/mol. The summed E-state index contributed by atoms with van der Waals surface area (Å²) < 4.78 is 5.58. The molecule has 1 N–H and O–H groups in total. The van der Waals surface area contributed by atoms with Gasteiger partial charge >= 0.3 is 0 Å². The molecule has 5 nitrogen and oxygen atoms in total. The van der Waals surface area contributed by atoms with Crippen LogP contribution in [-0.4, -0.2) is 31.8 Å². The van der Waals surface area contributed by atoms with Gasteiger partial charge in [-0.15, -0.1) is 0 Å². The Morgan fingerprint density at radius 1 is 1.15 bits per heavy atom. The zero-order valence-electron chi connectivity index (χ0n) is 15.0. The highest BCUT2D eigenvalue weighted by molar-refractivity contribution is 8.18. The van der Waals surface area contributed by atoms with Crippen molar-refractivity contribution in [1.29, 1.82) is 0 Å². The second-order valence-electron chi connectivity index (χ2n) is 5.87. The summed E-state index contributed by atoms with van der Waals surface area (Å²) in [5.41, 5.74) is 2.79. The van der Waals surface area contributed by atoms with Crippen molar-refractivity contribution in [3.8, 4) is 5.75 Å². The maximum absolute atomic E-state index is 12.2. The lowest BCUT2D eigenvalue weighted by atomic mass is 10.2. The van der Waals surface area contributed by atoms with Gasteiger partial charge in [-0.3, -0.25) is 4.79 Å². The molecule has 1 fully saturated rings. The lowest BCUT2D eigenvalue weighted by molar-refractivity contribution is -0.115. The number of rotatable bonds is 5. The number of carbonyl (C=O) groups is 1. The van der Waals surface area contributed by atoms with Crippen LogP contribution in [0, 0.1) is 0 Å². The molecule has 26 heavy (non-hydrogen) atoms. The number of para-hydroxylation sites is 2. The van der Waals surface area contributed by atoms with E-state index in [-0.39, 0.29) is 5.91 Å². The fourth-order valence-electron chi connectivity index (χ4n) is 2.44. The summed E-state index contributed by atoms with van der Waals surface area (Å²) in [4.78, 5) is 19.4. The first kappa shape index (κ1) is 18.1. The highest BCUT2D eigenvalue weighted by atomic mass is 32.2. The molecule has 0 atom stereocenters. The molecule has 0 aromatic heterocycles. The quantitative estimate of drug-likeness (QED) is 0.810. The standard InChI is InChI=1S/C20H21N3O2S/c1-4-25-17-8-6-5-7-16(17)21-20-22-19(24)18(26-20)13-14-9-11-15(12-10-14)23(2)3/h5-13H,4H2,1-3H3,(H,21,22,24)/b18-13-. The van der Waals surface area contributed by atoms with Gasteiger partial charge in [0.25, 0.3) is 5.91 Å². The van der Waals surface area contributed by atoms with Gasteiger partial charge in [-0.2, -0.15) is 0 Å². The van der Waals surface area contributed by atoms with E-state index in [4.69, 9.17) is 4.74 Å². The molecule has 0 aliphatic carbocycles. The fraction of sp³-hybridized carbons (Fsp3) is 0.200. The molecule has 2 aromatic rings. The lowest BCUT2D eigenvalue weighted by Gasteiger charge is -2.11. The number of hydrogen-bond acceptors (Lipinski definition) is 5. The van der Waals surface area contributed by atoms with Gasteiger partial charge in [0.05, 0.1) is 11.5 Å². The number of amides is 1. The minimum atomic E-state index is -0.140. The lowest BCUT2D eigenvalue weighted by Crippen LogP contribution is -2.19. The Kier molecular flexibility index (Phi) is 5.63.